The van der Waals surface area contributed by atoms with Gasteiger partial charge in [-0.05, 0) is 39.0 Å². The third-order valence-electron chi connectivity index (χ3n) is 3.58. The lowest BCUT2D eigenvalue weighted by atomic mass is 9.97. The second kappa shape index (κ2) is 12.2. The van der Waals surface area contributed by atoms with Crippen molar-refractivity contribution in [1.29, 1.82) is 0 Å². The van der Waals surface area contributed by atoms with Gasteiger partial charge in [-0.25, -0.2) is 8.42 Å². The summed E-state index contributed by atoms with van der Waals surface area (Å²) in [6.45, 7) is 5.60. The van der Waals surface area contributed by atoms with Gasteiger partial charge < -0.3 is 10.6 Å². The molecule has 0 spiro atoms. The van der Waals surface area contributed by atoms with Crippen LogP contribution in [0.3, 0.4) is 0 Å². The van der Waals surface area contributed by atoms with Crippen LogP contribution in [0.5, 0.6) is 0 Å². The van der Waals surface area contributed by atoms with Crippen molar-refractivity contribution < 1.29 is 8.42 Å². The second-order valence-electron chi connectivity index (χ2n) is 5.28. The SMILES string of the molecule is CCNC(=NCCS(=O)(=O)CC)NCCC1=CCCCC1.I. The molecule has 0 aromatic heterocycles. The molecule has 1 aliphatic carbocycles. The summed E-state index contributed by atoms with van der Waals surface area (Å²) >= 11 is 0. The van der Waals surface area contributed by atoms with E-state index in [-0.39, 0.29) is 35.5 Å². The Morgan fingerprint density at radius 2 is 2.05 bits per heavy atom. The van der Waals surface area contributed by atoms with Gasteiger partial charge >= 0.3 is 0 Å². The lowest BCUT2D eigenvalue weighted by Crippen LogP contribution is -2.38. The van der Waals surface area contributed by atoms with E-state index in [4.69, 9.17) is 0 Å². The monoisotopic (exact) mass is 443 g/mol. The summed E-state index contributed by atoms with van der Waals surface area (Å²) < 4.78 is 22.9. The molecular formula is C15H30IN3O2S. The van der Waals surface area contributed by atoms with E-state index in [9.17, 15) is 8.42 Å². The summed E-state index contributed by atoms with van der Waals surface area (Å²) in [5.74, 6) is 1.01. The van der Waals surface area contributed by atoms with Crippen LogP contribution in [-0.4, -0.2) is 45.5 Å². The van der Waals surface area contributed by atoms with Crippen molar-refractivity contribution in [1.82, 2.24) is 10.6 Å². The van der Waals surface area contributed by atoms with Gasteiger partial charge in [-0.15, -0.1) is 24.0 Å². The summed E-state index contributed by atoms with van der Waals surface area (Å²) in [6.07, 6.45) is 8.42. The molecule has 1 rings (SSSR count). The number of rotatable bonds is 8. The highest BCUT2D eigenvalue weighted by atomic mass is 127. The average Bonchev–Trinajstić information content (AvgIpc) is 2.48. The molecule has 5 nitrogen and oxygen atoms in total. The highest BCUT2D eigenvalue weighted by Crippen LogP contribution is 2.19. The van der Waals surface area contributed by atoms with Crippen molar-refractivity contribution in [3.63, 3.8) is 0 Å². The molecule has 7 heteroatoms. The highest BCUT2D eigenvalue weighted by molar-refractivity contribution is 14.0. The third-order valence-corrected chi connectivity index (χ3v) is 5.26. The predicted molar refractivity (Wildman–Crippen MR) is 105 cm³/mol. The molecule has 0 bridgehead atoms. The number of halogens is 1. The third kappa shape index (κ3) is 9.66. The Kier molecular flexibility index (Phi) is 12.0. The summed E-state index contributed by atoms with van der Waals surface area (Å²) in [7, 11) is -2.94. The van der Waals surface area contributed by atoms with Gasteiger partial charge in [0.2, 0.25) is 0 Å². The van der Waals surface area contributed by atoms with Crippen LogP contribution in [0.2, 0.25) is 0 Å². The number of guanidine groups is 1. The number of nitrogens with one attached hydrogen (secondary N) is 2. The van der Waals surface area contributed by atoms with Gasteiger partial charge in [0.1, 0.15) is 0 Å². The molecule has 0 aliphatic heterocycles. The fraction of sp³-hybridized carbons (Fsp3) is 0.800. The van der Waals surface area contributed by atoms with Crippen molar-refractivity contribution >= 4 is 39.8 Å². The van der Waals surface area contributed by atoms with E-state index in [1.54, 1.807) is 6.92 Å². The van der Waals surface area contributed by atoms with Gasteiger partial charge in [0.15, 0.2) is 15.8 Å². The van der Waals surface area contributed by atoms with E-state index in [0.717, 1.165) is 19.5 Å². The molecule has 0 fully saturated rings. The smallest absolute Gasteiger partial charge is 0.191 e. The van der Waals surface area contributed by atoms with Crippen molar-refractivity contribution in [3.05, 3.63) is 11.6 Å². The molecule has 130 valence electrons. The molecule has 0 saturated carbocycles. The maximum atomic E-state index is 11.4. The van der Waals surface area contributed by atoms with Crippen LogP contribution in [-0.2, 0) is 9.84 Å². The zero-order chi connectivity index (χ0) is 15.6. The number of aliphatic imine (C=N–C) groups is 1. The normalized spacial score (nSPS) is 15.7. The predicted octanol–water partition coefficient (Wildman–Crippen LogP) is 2.48. The number of sulfone groups is 1. The lowest BCUT2D eigenvalue weighted by Gasteiger charge is -2.15. The Balaban J connectivity index is 0.00000441. The van der Waals surface area contributed by atoms with E-state index < -0.39 is 9.84 Å². The first-order chi connectivity index (χ1) is 10.1. The molecule has 0 atom stereocenters. The Hall–Kier alpha value is -0.310. The molecule has 1 aliphatic rings. The maximum absolute atomic E-state index is 11.4. The fourth-order valence-corrected chi connectivity index (χ4v) is 2.91. The summed E-state index contributed by atoms with van der Waals surface area (Å²) in [6, 6.07) is 0. The Morgan fingerprint density at radius 3 is 2.64 bits per heavy atom. The summed E-state index contributed by atoms with van der Waals surface area (Å²) in [5.41, 5.74) is 1.53. The number of hydrogen-bond acceptors (Lipinski definition) is 3. The quantitative estimate of drug-likeness (QED) is 0.262. The molecule has 0 radical (unpaired) electrons. The maximum Gasteiger partial charge on any atom is 0.191 e. The van der Waals surface area contributed by atoms with Gasteiger partial charge in [0.25, 0.3) is 0 Å². The number of hydrogen-bond donors (Lipinski definition) is 2. The molecule has 2 N–H and O–H groups in total. The van der Waals surface area contributed by atoms with E-state index in [1.165, 1.54) is 31.3 Å². The van der Waals surface area contributed by atoms with Gasteiger partial charge in [-0.2, -0.15) is 0 Å². The van der Waals surface area contributed by atoms with Crippen molar-refractivity contribution in [2.24, 2.45) is 4.99 Å². The topological polar surface area (TPSA) is 70.6 Å². The highest BCUT2D eigenvalue weighted by Gasteiger charge is 2.07. The molecule has 0 saturated heterocycles. The first-order valence-corrected chi connectivity index (χ1v) is 9.80. The van der Waals surface area contributed by atoms with Gasteiger partial charge in [0, 0.05) is 18.8 Å². The molecular weight excluding hydrogens is 413 g/mol. The van der Waals surface area contributed by atoms with Crippen molar-refractivity contribution in [2.45, 2.75) is 46.0 Å². The van der Waals surface area contributed by atoms with E-state index >= 15 is 0 Å². The first-order valence-electron chi connectivity index (χ1n) is 7.98. The minimum Gasteiger partial charge on any atom is -0.357 e. The van der Waals surface area contributed by atoms with Crippen LogP contribution >= 0.6 is 24.0 Å². The molecule has 0 amide bonds. The lowest BCUT2D eigenvalue weighted by molar-refractivity contribution is 0.597. The Labute approximate surface area is 152 Å². The number of allylic oxidation sites excluding steroid dienone is 1. The zero-order valence-corrected chi connectivity index (χ0v) is 16.9. The van der Waals surface area contributed by atoms with Gasteiger partial charge in [-0.3, -0.25) is 4.99 Å². The van der Waals surface area contributed by atoms with Gasteiger partial charge in [0.05, 0.1) is 12.3 Å². The average molecular weight is 443 g/mol. The van der Waals surface area contributed by atoms with Crippen LogP contribution in [0.15, 0.2) is 16.6 Å². The van der Waals surface area contributed by atoms with Crippen LogP contribution in [0, 0.1) is 0 Å². The zero-order valence-electron chi connectivity index (χ0n) is 13.7. The largest absolute Gasteiger partial charge is 0.357 e. The standard InChI is InChI=1S/C15H29N3O2S.HI/c1-3-16-15(18-12-13-21(19,20)4-2)17-11-10-14-8-6-5-7-9-14;/h8H,3-7,9-13H2,1-2H3,(H2,16,17,18);1H. The molecule has 0 heterocycles. The first kappa shape index (κ1) is 21.7. The Bertz CT molecular complexity index is 461. The van der Waals surface area contributed by atoms with Gasteiger partial charge in [-0.1, -0.05) is 18.6 Å². The molecule has 0 unspecified atom stereocenters. The summed E-state index contributed by atoms with van der Waals surface area (Å²) in [4.78, 5) is 4.33. The minimum absolute atomic E-state index is 0. The molecule has 0 aromatic rings. The molecule has 22 heavy (non-hydrogen) atoms. The van der Waals surface area contributed by atoms with E-state index in [1.807, 2.05) is 6.92 Å². The number of nitrogens with zero attached hydrogens (tertiary/aromatic N) is 1. The van der Waals surface area contributed by atoms with Crippen LogP contribution < -0.4 is 10.6 Å². The molecule has 0 aromatic carbocycles. The minimum atomic E-state index is -2.94. The van der Waals surface area contributed by atoms with Crippen LogP contribution in [0.4, 0.5) is 0 Å². The Morgan fingerprint density at radius 1 is 1.27 bits per heavy atom. The van der Waals surface area contributed by atoms with Crippen molar-refractivity contribution in [2.75, 3.05) is 31.1 Å². The fourth-order valence-electron chi connectivity index (χ4n) is 2.26. The van der Waals surface area contributed by atoms with Crippen molar-refractivity contribution in [3.8, 4) is 0 Å². The van der Waals surface area contributed by atoms with Crippen LogP contribution in [0.25, 0.3) is 0 Å². The van der Waals surface area contributed by atoms with E-state index in [2.05, 4.69) is 21.7 Å². The van der Waals surface area contributed by atoms with E-state index in [0.29, 0.717) is 12.5 Å². The van der Waals surface area contributed by atoms with Crippen LogP contribution in [0.1, 0.15) is 46.0 Å². The second-order valence-corrected chi connectivity index (χ2v) is 7.75. The summed E-state index contributed by atoms with van der Waals surface area (Å²) in [5, 5.41) is 6.42.